The van der Waals surface area contributed by atoms with Gasteiger partial charge in [0.15, 0.2) is 0 Å². The van der Waals surface area contributed by atoms with Crippen molar-refractivity contribution in [2.24, 2.45) is 5.92 Å². The molecule has 1 aliphatic carbocycles. The SMILES string of the molecule is COc1cc(NC(c2ccccc2)C2CC2)c(Br)cc1Br. The van der Waals surface area contributed by atoms with Gasteiger partial charge in [-0.1, -0.05) is 30.3 Å². The molecule has 0 saturated heterocycles. The number of rotatable bonds is 5. The van der Waals surface area contributed by atoms with E-state index in [-0.39, 0.29) is 0 Å². The summed E-state index contributed by atoms with van der Waals surface area (Å²) in [6.07, 6.45) is 2.58. The number of methoxy groups -OCH3 is 1. The third-order valence-corrected chi connectivity index (χ3v) is 5.08. The Hall–Kier alpha value is -1.000. The maximum Gasteiger partial charge on any atom is 0.135 e. The molecule has 1 atom stereocenters. The predicted octanol–water partition coefficient (Wildman–Crippen LogP) is 5.78. The number of nitrogens with one attached hydrogen (secondary N) is 1. The number of benzene rings is 2. The summed E-state index contributed by atoms with van der Waals surface area (Å²) >= 11 is 7.14. The topological polar surface area (TPSA) is 21.3 Å². The fourth-order valence-corrected chi connectivity index (χ4v) is 3.80. The van der Waals surface area contributed by atoms with Crippen molar-refractivity contribution in [3.63, 3.8) is 0 Å². The normalized spacial score (nSPS) is 15.6. The highest BCUT2D eigenvalue weighted by atomic mass is 79.9. The molecule has 0 bridgehead atoms. The first kappa shape index (κ1) is 14.9. The fraction of sp³-hybridized carbons (Fsp3) is 0.294. The molecule has 0 aliphatic heterocycles. The summed E-state index contributed by atoms with van der Waals surface area (Å²) in [5.74, 6) is 1.55. The summed E-state index contributed by atoms with van der Waals surface area (Å²) in [6.45, 7) is 0. The predicted molar refractivity (Wildman–Crippen MR) is 93.9 cm³/mol. The first-order valence-corrected chi connectivity index (χ1v) is 8.62. The molecule has 0 heterocycles. The first-order chi connectivity index (χ1) is 10.2. The lowest BCUT2D eigenvalue weighted by Crippen LogP contribution is -2.13. The summed E-state index contributed by atoms with van der Waals surface area (Å²) in [4.78, 5) is 0. The van der Waals surface area contributed by atoms with Crippen molar-refractivity contribution in [3.8, 4) is 5.75 Å². The Labute approximate surface area is 142 Å². The Bertz CT molecular complexity index is 626. The van der Waals surface area contributed by atoms with Crippen molar-refractivity contribution in [2.75, 3.05) is 12.4 Å². The molecule has 1 unspecified atom stereocenters. The average molecular weight is 411 g/mol. The van der Waals surface area contributed by atoms with Crippen LogP contribution >= 0.6 is 31.9 Å². The van der Waals surface area contributed by atoms with Crippen molar-refractivity contribution in [3.05, 3.63) is 57.0 Å². The molecule has 0 radical (unpaired) electrons. The highest BCUT2D eigenvalue weighted by molar-refractivity contribution is 9.11. The Morgan fingerprint density at radius 1 is 1.10 bits per heavy atom. The van der Waals surface area contributed by atoms with Crippen molar-refractivity contribution in [1.29, 1.82) is 0 Å². The van der Waals surface area contributed by atoms with Crippen LogP contribution in [-0.4, -0.2) is 7.11 Å². The lowest BCUT2D eigenvalue weighted by Gasteiger charge is -2.22. The molecular formula is C17H17Br2NO. The summed E-state index contributed by atoms with van der Waals surface area (Å²) < 4.78 is 7.38. The van der Waals surface area contributed by atoms with Gasteiger partial charge in [0.1, 0.15) is 5.75 Å². The van der Waals surface area contributed by atoms with Crippen molar-refractivity contribution in [2.45, 2.75) is 18.9 Å². The Morgan fingerprint density at radius 3 is 2.43 bits per heavy atom. The zero-order chi connectivity index (χ0) is 14.8. The zero-order valence-corrected chi connectivity index (χ0v) is 14.9. The van der Waals surface area contributed by atoms with E-state index in [9.17, 15) is 0 Å². The molecule has 110 valence electrons. The zero-order valence-electron chi connectivity index (χ0n) is 11.8. The lowest BCUT2D eigenvalue weighted by molar-refractivity contribution is 0.412. The van der Waals surface area contributed by atoms with Crippen LogP contribution in [0.4, 0.5) is 5.69 Å². The van der Waals surface area contributed by atoms with Crippen LogP contribution in [0.1, 0.15) is 24.4 Å². The third-order valence-electron chi connectivity index (χ3n) is 3.80. The van der Waals surface area contributed by atoms with Crippen LogP contribution in [-0.2, 0) is 0 Å². The van der Waals surface area contributed by atoms with E-state index in [0.717, 1.165) is 20.4 Å². The number of ether oxygens (including phenoxy) is 1. The van der Waals surface area contributed by atoms with Crippen LogP contribution in [0.15, 0.2) is 51.4 Å². The van der Waals surface area contributed by atoms with Gasteiger partial charge in [-0.05, 0) is 62.2 Å². The quantitative estimate of drug-likeness (QED) is 0.674. The van der Waals surface area contributed by atoms with Crippen LogP contribution in [0.2, 0.25) is 0 Å². The second-order valence-electron chi connectivity index (χ2n) is 5.34. The fourth-order valence-electron chi connectivity index (χ4n) is 2.53. The van der Waals surface area contributed by atoms with Gasteiger partial charge in [-0.3, -0.25) is 0 Å². The Morgan fingerprint density at radius 2 is 1.81 bits per heavy atom. The van der Waals surface area contributed by atoms with Crippen LogP contribution in [0.3, 0.4) is 0 Å². The minimum absolute atomic E-state index is 0.355. The molecule has 1 saturated carbocycles. The van der Waals surface area contributed by atoms with Gasteiger partial charge in [-0.25, -0.2) is 0 Å². The van der Waals surface area contributed by atoms with Gasteiger partial charge in [-0.15, -0.1) is 0 Å². The molecule has 0 spiro atoms. The first-order valence-electron chi connectivity index (χ1n) is 7.03. The smallest absolute Gasteiger partial charge is 0.135 e. The number of hydrogen-bond donors (Lipinski definition) is 1. The summed E-state index contributed by atoms with van der Waals surface area (Å²) in [5, 5.41) is 3.68. The van der Waals surface area contributed by atoms with Crippen LogP contribution < -0.4 is 10.1 Å². The second-order valence-corrected chi connectivity index (χ2v) is 7.05. The van der Waals surface area contributed by atoms with Gasteiger partial charge in [0.2, 0.25) is 0 Å². The molecule has 1 N–H and O–H groups in total. The largest absolute Gasteiger partial charge is 0.495 e. The summed E-state index contributed by atoms with van der Waals surface area (Å²) in [7, 11) is 1.69. The van der Waals surface area contributed by atoms with E-state index >= 15 is 0 Å². The van der Waals surface area contributed by atoms with E-state index < -0.39 is 0 Å². The number of hydrogen-bond acceptors (Lipinski definition) is 2. The van der Waals surface area contributed by atoms with Crippen molar-refractivity contribution < 1.29 is 4.74 Å². The van der Waals surface area contributed by atoms with E-state index in [1.807, 2.05) is 12.1 Å². The highest BCUT2D eigenvalue weighted by Gasteiger charge is 2.32. The van der Waals surface area contributed by atoms with Crippen molar-refractivity contribution in [1.82, 2.24) is 0 Å². The van der Waals surface area contributed by atoms with Crippen LogP contribution in [0.25, 0.3) is 0 Å². The molecule has 1 fully saturated rings. The molecule has 1 aliphatic rings. The summed E-state index contributed by atoms with van der Waals surface area (Å²) in [5.41, 5.74) is 2.41. The van der Waals surface area contributed by atoms with Gasteiger partial charge < -0.3 is 10.1 Å². The van der Waals surface area contributed by atoms with E-state index in [0.29, 0.717) is 12.0 Å². The third kappa shape index (κ3) is 3.43. The van der Waals surface area contributed by atoms with E-state index in [1.165, 1.54) is 18.4 Å². The average Bonchev–Trinajstić information content (AvgIpc) is 3.32. The van der Waals surface area contributed by atoms with Crippen molar-refractivity contribution >= 4 is 37.5 Å². The Balaban J connectivity index is 1.90. The second kappa shape index (κ2) is 6.41. The molecule has 3 rings (SSSR count). The van der Waals surface area contributed by atoms with Gasteiger partial charge in [0.25, 0.3) is 0 Å². The van der Waals surface area contributed by atoms with E-state index in [4.69, 9.17) is 4.74 Å². The monoisotopic (exact) mass is 409 g/mol. The lowest BCUT2D eigenvalue weighted by atomic mass is 10.0. The minimum Gasteiger partial charge on any atom is -0.495 e. The molecule has 0 aromatic heterocycles. The maximum atomic E-state index is 5.40. The summed E-state index contributed by atoms with van der Waals surface area (Å²) in [6, 6.07) is 15.1. The van der Waals surface area contributed by atoms with Crippen LogP contribution in [0, 0.1) is 5.92 Å². The molecule has 2 aromatic carbocycles. The molecule has 0 amide bonds. The number of anilines is 1. The van der Waals surface area contributed by atoms with E-state index in [2.05, 4.69) is 67.5 Å². The Kier molecular flexibility index (Phi) is 4.55. The van der Waals surface area contributed by atoms with Gasteiger partial charge >= 0.3 is 0 Å². The highest BCUT2D eigenvalue weighted by Crippen LogP contribution is 2.44. The molecule has 2 nitrogen and oxygen atoms in total. The maximum absolute atomic E-state index is 5.40. The minimum atomic E-state index is 0.355. The molecule has 21 heavy (non-hydrogen) atoms. The van der Waals surface area contributed by atoms with Crippen LogP contribution in [0.5, 0.6) is 5.75 Å². The molecular weight excluding hydrogens is 394 g/mol. The number of halogens is 2. The van der Waals surface area contributed by atoms with E-state index in [1.54, 1.807) is 7.11 Å². The molecule has 4 heteroatoms. The van der Waals surface area contributed by atoms with Gasteiger partial charge in [0, 0.05) is 10.5 Å². The molecule has 2 aromatic rings. The van der Waals surface area contributed by atoms with Gasteiger partial charge in [0.05, 0.1) is 23.3 Å². The van der Waals surface area contributed by atoms with Gasteiger partial charge in [-0.2, -0.15) is 0 Å². The standard InChI is InChI=1S/C17H17Br2NO/c1-21-16-10-15(13(18)9-14(16)19)20-17(12-7-8-12)11-5-3-2-4-6-11/h2-6,9-10,12,17,20H,7-8H2,1H3.